The molecule has 0 aliphatic carbocycles. The molecule has 3 aromatic rings. The van der Waals surface area contributed by atoms with Crippen molar-refractivity contribution in [1.82, 2.24) is 20.2 Å². The molecular formula is C23H19F5N4O3. The van der Waals surface area contributed by atoms with Crippen molar-refractivity contribution in [2.75, 3.05) is 0 Å². The number of halogens is 5. The van der Waals surface area contributed by atoms with Crippen molar-refractivity contribution in [1.29, 1.82) is 0 Å². The molecule has 0 radical (unpaired) electrons. The molecule has 7 nitrogen and oxygen atoms in total. The Kier molecular flexibility index (Phi) is 6.07. The number of hydrogen-bond acceptors (Lipinski definition) is 5. The summed E-state index contributed by atoms with van der Waals surface area (Å²) in [6.07, 6.45) is -2.73. The van der Waals surface area contributed by atoms with Gasteiger partial charge in [0.05, 0.1) is 17.1 Å². The van der Waals surface area contributed by atoms with E-state index in [1.165, 1.54) is 13.1 Å². The molecule has 1 aromatic carbocycles. The monoisotopic (exact) mass is 494 g/mol. The van der Waals surface area contributed by atoms with Gasteiger partial charge in [0.2, 0.25) is 0 Å². The first kappa shape index (κ1) is 24.3. The molecule has 0 bridgehead atoms. The minimum absolute atomic E-state index is 0.0445. The van der Waals surface area contributed by atoms with E-state index >= 15 is 0 Å². The summed E-state index contributed by atoms with van der Waals surface area (Å²) in [6, 6.07) is 3.40. The quantitative estimate of drug-likeness (QED) is 0.481. The number of nitrogens with zero attached hydrogens (tertiary/aromatic N) is 3. The fourth-order valence-corrected chi connectivity index (χ4v) is 3.86. The summed E-state index contributed by atoms with van der Waals surface area (Å²) in [6.45, 7) is 1.80. The molecule has 2 atom stereocenters. The summed E-state index contributed by atoms with van der Waals surface area (Å²) < 4.78 is 72.9. The maximum atomic E-state index is 13.9. The van der Waals surface area contributed by atoms with Crippen LogP contribution in [0, 0.1) is 0 Å². The van der Waals surface area contributed by atoms with Gasteiger partial charge in [-0.15, -0.1) is 0 Å². The van der Waals surface area contributed by atoms with Gasteiger partial charge in [-0.1, -0.05) is 0 Å². The Morgan fingerprint density at radius 2 is 1.86 bits per heavy atom. The Balaban J connectivity index is 1.57. The zero-order valence-electron chi connectivity index (χ0n) is 18.4. The standard InChI is InChI=1S/C23H19F5N4O3/c1-12-19(14-6-16(22(2,24)25)8-17(7-14)23(26,27)28)35-21(34)32(12)20(33)31-11-15-10-29-9-13-4-3-5-30-18(13)15/h3-10,12,19H,11H2,1-2H3,(H,31,33)/t12-,19-/m0/s1. The van der Waals surface area contributed by atoms with Crippen LogP contribution in [0.2, 0.25) is 0 Å². The molecule has 35 heavy (non-hydrogen) atoms. The second-order valence-electron chi connectivity index (χ2n) is 8.18. The Morgan fingerprint density at radius 1 is 1.14 bits per heavy atom. The molecule has 4 rings (SSSR count). The van der Waals surface area contributed by atoms with Gasteiger partial charge in [-0.3, -0.25) is 9.97 Å². The Labute approximate surface area is 195 Å². The number of cyclic esters (lactones) is 1. The zero-order chi connectivity index (χ0) is 25.5. The Hall–Kier alpha value is -3.83. The minimum atomic E-state index is -4.90. The van der Waals surface area contributed by atoms with E-state index in [1.54, 1.807) is 24.5 Å². The van der Waals surface area contributed by atoms with Crippen LogP contribution in [0.25, 0.3) is 10.9 Å². The van der Waals surface area contributed by atoms with Crippen molar-refractivity contribution in [3.8, 4) is 0 Å². The smallest absolute Gasteiger partial charge is 0.419 e. The van der Waals surface area contributed by atoms with Crippen LogP contribution < -0.4 is 5.32 Å². The van der Waals surface area contributed by atoms with E-state index < -0.39 is 47.5 Å². The van der Waals surface area contributed by atoms with E-state index in [9.17, 15) is 31.5 Å². The molecule has 3 heterocycles. The third kappa shape index (κ3) is 4.86. The maximum absolute atomic E-state index is 13.9. The molecule has 2 aromatic heterocycles. The topological polar surface area (TPSA) is 84.4 Å². The van der Waals surface area contributed by atoms with E-state index in [4.69, 9.17) is 4.74 Å². The van der Waals surface area contributed by atoms with Gasteiger partial charge in [0.1, 0.15) is 6.10 Å². The molecule has 1 aliphatic heterocycles. The molecule has 3 amide bonds. The zero-order valence-corrected chi connectivity index (χ0v) is 18.4. The van der Waals surface area contributed by atoms with Gasteiger partial charge in [0.25, 0.3) is 5.92 Å². The number of alkyl halides is 5. The van der Waals surface area contributed by atoms with Gasteiger partial charge < -0.3 is 10.1 Å². The van der Waals surface area contributed by atoms with Crippen LogP contribution in [0.5, 0.6) is 0 Å². The molecule has 184 valence electrons. The van der Waals surface area contributed by atoms with Gasteiger partial charge in [0, 0.05) is 48.6 Å². The van der Waals surface area contributed by atoms with Crippen LogP contribution in [0.1, 0.15) is 42.2 Å². The van der Waals surface area contributed by atoms with Gasteiger partial charge in [-0.2, -0.15) is 13.2 Å². The molecule has 0 spiro atoms. The number of rotatable bonds is 4. The van der Waals surface area contributed by atoms with Gasteiger partial charge in [-0.25, -0.2) is 23.3 Å². The van der Waals surface area contributed by atoms with Crippen LogP contribution in [-0.4, -0.2) is 33.0 Å². The number of urea groups is 1. The minimum Gasteiger partial charge on any atom is -0.439 e. The first-order valence-electron chi connectivity index (χ1n) is 10.4. The number of fused-ring (bicyclic) bond motifs is 1. The van der Waals surface area contributed by atoms with Crippen LogP contribution in [0.3, 0.4) is 0 Å². The SMILES string of the molecule is C[C@H]1[C@@H](c2cc(C(C)(F)F)cc(C(F)(F)F)c2)OC(=O)N1C(=O)NCc1cncc2cccnc12. The predicted octanol–water partition coefficient (Wildman–Crippen LogP) is 5.55. The van der Waals surface area contributed by atoms with Crippen molar-refractivity contribution < 1.29 is 36.3 Å². The van der Waals surface area contributed by atoms with Crippen LogP contribution in [0.4, 0.5) is 31.5 Å². The molecule has 1 N–H and O–H groups in total. The van der Waals surface area contributed by atoms with Gasteiger partial charge in [0.15, 0.2) is 0 Å². The van der Waals surface area contributed by atoms with E-state index in [0.717, 1.165) is 11.5 Å². The van der Waals surface area contributed by atoms with Gasteiger partial charge >= 0.3 is 18.3 Å². The normalized spacial score (nSPS) is 18.6. The van der Waals surface area contributed by atoms with Crippen molar-refractivity contribution in [3.63, 3.8) is 0 Å². The average molecular weight is 494 g/mol. The fraction of sp³-hybridized carbons (Fsp3) is 0.304. The van der Waals surface area contributed by atoms with Crippen molar-refractivity contribution in [2.24, 2.45) is 0 Å². The van der Waals surface area contributed by atoms with Crippen molar-refractivity contribution in [2.45, 2.75) is 44.6 Å². The predicted molar refractivity (Wildman–Crippen MR) is 113 cm³/mol. The third-order valence-electron chi connectivity index (χ3n) is 5.62. The summed E-state index contributed by atoms with van der Waals surface area (Å²) in [5, 5.41) is 3.28. The summed E-state index contributed by atoms with van der Waals surface area (Å²) in [4.78, 5) is 34.2. The molecule has 1 fully saturated rings. The van der Waals surface area contributed by atoms with E-state index in [2.05, 4.69) is 15.3 Å². The largest absolute Gasteiger partial charge is 0.439 e. The number of carbonyl (C=O) groups excluding carboxylic acids is 2. The number of hydrogen-bond donors (Lipinski definition) is 1. The second-order valence-corrected chi connectivity index (χ2v) is 8.18. The highest BCUT2D eigenvalue weighted by atomic mass is 19.4. The number of pyridine rings is 2. The lowest BCUT2D eigenvalue weighted by Crippen LogP contribution is -2.44. The number of amides is 3. The number of ether oxygens (including phenoxy) is 1. The number of imide groups is 1. The van der Waals surface area contributed by atoms with E-state index in [0.29, 0.717) is 35.0 Å². The molecule has 1 saturated heterocycles. The summed E-state index contributed by atoms with van der Waals surface area (Å²) >= 11 is 0. The first-order valence-corrected chi connectivity index (χ1v) is 10.4. The van der Waals surface area contributed by atoms with Gasteiger partial charge in [-0.05, 0) is 42.8 Å². The lowest BCUT2D eigenvalue weighted by atomic mass is 9.96. The number of carbonyl (C=O) groups is 2. The van der Waals surface area contributed by atoms with Crippen molar-refractivity contribution >= 4 is 23.0 Å². The first-order chi connectivity index (χ1) is 16.4. The number of nitrogens with one attached hydrogen (secondary N) is 1. The summed E-state index contributed by atoms with van der Waals surface area (Å²) in [5.74, 6) is -3.57. The van der Waals surface area contributed by atoms with Crippen LogP contribution >= 0.6 is 0 Å². The molecule has 0 saturated carbocycles. The number of aromatic nitrogens is 2. The lowest BCUT2D eigenvalue weighted by Gasteiger charge is -2.22. The number of benzene rings is 1. The van der Waals surface area contributed by atoms with Crippen molar-refractivity contribution in [3.05, 3.63) is 71.2 Å². The summed E-state index contributed by atoms with van der Waals surface area (Å²) in [7, 11) is 0. The van der Waals surface area contributed by atoms with E-state index in [1.807, 2.05) is 0 Å². The highest BCUT2D eigenvalue weighted by Crippen LogP contribution is 2.40. The molecule has 12 heteroatoms. The highest BCUT2D eigenvalue weighted by Gasteiger charge is 2.45. The summed E-state index contributed by atoms with van der Waals surface area (Å²) in [5.41, 5.74) is -1.33. The molecule has 0 unspecified atom stereocenters. The Bertz CT molecular complexity index is 1250. The second kappa shape index (κ2) is 8.75. The highest BCUT2D eigenvalue weighted by molar-refractivity contribution is 5.93. The fourth-order valence-electron chi connectivity index (χ4n) is 3.86. The van der Waals surface area contributed by atoms with Crippen LogP contribution in [-0.2, 0) is 23.4 Å². The van der Waals surface area contributed by atoms with E-state index in [-0.39, 0.29) is 12.1 Å². The molecular weight excluding hydrogens is 475 g/mol. The third-order valence-corrected chi connectivity index (χ3v) is 5.62. The Morgan fingerprint density at radius 3 is 2.54 bits per heavy atom. The average Bonchev–Trinajstić information content (AvgIpc) is 3.09. The van der Waals surface area contributed by atoms with Crippen LogP contribution in [0.15, 0.2) is 48.9 Å². The molecule has 1 aliphatic rings. The lowest BCUT2D eigenvalue weighted by molar-refractivity contribution is -0.137. The maximum Gasteiger partial charge on any atom is 0.419 e.